The van der Waals surface area contributed by atoms with Crippen LogP contribution in [0.25, 0.3) is 0 Å². The number of halogens is 2. The van der Waals surface area contributed by atoms with E-state index in [1.807, 2.05) is 4.57 Å². The number of fused-ring (bicyclic) bond motifs is 1. The molecule has 22 heavy (non-hydrogen) atoms. The smallest absolute Gasteiger partial charge is 0.223 e. The number of hydrogen-bond donors (Lipinski definition) is 0. The summed E-state index contributed by atoms with van der Waals surface area (Å²) in [6.07, 6.45) is 3.20. The van der Waals surface area contributed by atoms with Gasteiger partial charge in [-0.15, -0.1) is 10.2 Å². The molecule has 0 radical (unpaired) electrons. The van der Waals surface area contributed by atoms with Crippen LogP contribution < -0.4 is 0 Å². The lowest BCUT2D eigenvalue weighted by Crippen LogP contribution is -2.38. The Morgan fingerprint density at radius 3 is 2.91 bits per heavy atom. The molecule has 1 aliphatic heterocycles. The first-order valence-corrected chi connectivity index (χ1v) is 7.22. The third-order valence-electron chi connectivity index (χ3n) is 3.83. The maximum atomic E-state index is 13.1. The number of hydrogen-bond acceptors (Lipinski definition) is 3. The Balaban J connectivity index is 1.49. The molecule has 1 aliphatic rings. The number of benzene rings is 1. The highest BCUT2D eigenvalue weighted by molar-refractivity contribution is 5.76. The highest BCUT2D eigenvalue weighted by Crippen LogP contribution is 2.14. The fraction of sp³-hybridized carbons (Fsp3) is 0.400. The molecule has 0 spiro atoms. The van der Waals surface area contributed by atoms with Gasteiger partial charge in [-0.05, 0) is 30.5 Å². The molecule has 1 amide bonds. The molecular formula is C15H16F2N4O. The number of carbonyl (C=O) groups is 1. The van der Waals surface area contributed by atoms with Gasteiger partial charge in [-0.2, -0.15) is 0 Å². The van der Waals surface area contributed by atoms with Crippen LogP contribution >= 0.6 is 0 Å². The standard InChI is InChI=1S/C15H16F2N4O/c16-12-5-4-11(8-13(12)17)2-1-3-15(22)20-6-7-21-10-18-19-14(21)9-20/h4-5,8,10H,1-3,6-7,9H2. The van der Waals surface area contributed by atoms with Gasteiger partial charge in [-0.1, -0.05) is 6.07 Å². The lowest BCUT2D eigenvalue weighted by atomic mass is 10.1. The molecular weight excluding hydrogens is 290 g/mol. The average molecular weight is 306 g/mol. The van der Waals surface area contributed by atoms with Crippen LogP contribution in [-0.4, -0.2) is 32.1 Å². The molecule has 2 heterocycles. The van der Waals surface area contributed by atoms with Crippen molar-refractivity contribution in [2.75, 3.05) is 6.54 Å². The molecule has 5 nitrogen and oxygen atoms in total. The number of aromatic nitrogens is 3. The maximum Gasteiger partial charge on any atom is 0.223 e. The highest BCUT2D eigenvalue weighted by atomic mass is 19.2. The lowest BCUT2D eigenvalue weighted by molar-refractivity contribution is -0.132. The fourth-order valence-electron chi connectivity index (χ4n) is 2.58. The van der Waals surface area contributed by atoms with Crippen molar-refractivity contribution in [3.8, 4) is 0 Å². The second-order valence-electron chi connectivity index (χ2n) is 5.36. The van der Waals surface area contributed by atoms with Gasteiger partial charge in [0, 0.05) is 19.5 Å². The van der Waals surface area contributed by atoms with E-state index in [2.05, 4.69) is 10.2 Å². The molecule has 0 aliphatic carbocycles. The predicted molar refractivity (Wildman–Crippen MR) is 74.7 cm³/mol. The van der Waals surface area contributed by atoms with E-state index >= 15 is 0 Å². The molecule has 0 N–H and O–H groups in total. The van der Waals surface area contributed by atoms with Gasteiger partial charge in [0.25, 0.3) is 0 Å². The van der Waals surface area contributed by atoms with Crippen molar-refractivity contribution in [1.29, 1.82) is 0 Å². The van der Waals surface area contributed by atoms with Crippen molar-refractivity contribution in [1.82, 2.24) is 19.7 Å². The van der Waals surface area contributed by atoms with Crippen molar-refractivity contribution in [3.05, 3.63) is 47.5 Å². The summed E-state index contributed by atoms with van der Waals surface area (Å²) in [5.41, 5.74) is 0.699. The molecule has 0 fully saturated rings. The quantitative estimate of drug-likeness (QED) is 0.867. The van der Waals surface area contributed by atoms with Crippen LogP contribution in [0.3, 0.4) is 0 Å². The molecule has 0 saturated heterocycles. The average Bonchev–Trinajstić information content (AvgIpc) is 2.98. The summed E-state index contributed by atoms with van der Waals surface area (Å²) < 4.78 is 27.9. The fourth-order valence-corrected chi connectivity index (χ4v) is 2.58. The maximum absolute atomic E-state index is 13.1. The SMILES string of the molecule is O=C(CCCc1ccc(F)c(F)c1)N1CCn2cnnc2C1. The number of rotatable bonds is 4. The summed E-state index contributed by atoms with van der Waals surface area (Å²) in [7, 11) is 0. The van der Waals surface area contributed by atoms with E-state index in [4.69, 9.17) is 0 Å². The van der Waals surface area contributed by atoms with Gasteiger partial charge in [-0.25, -0.2) is 8.78 Å². The van der Waals surface area contributed by atoms with Crippen LogP contribution in [0.2, 0.25) is 0 Å². The summed E-state index contributed by atoms with van der Waals surface area (Å²) in [5.74, 6) is -0.853. The summed E-state index contributed by atoms with van der Waals surface area (Å²) in [5, 5.41) is 7.80. The Morgan fingerprint density at radius 1 is 1.23 bits per heavy atom. The Hall–Kier alpha value is -2.31. The van der Waals surface area contributed by atoms with Crippen molar-refractivity contribution in [2.24, 2.45) is 0 Å². The first-order chi connectivity index (χ1) is 10.6. The second-order valence-corrected chi connectivity index (χ2v) is 5.36. The zero-order valence-corrected chi connectivity index (χ0v) is 12.0. The first-order valence-electron chi connectivity index (χ1n) is 7.22. The first kappa shape index (κ1) is 14.6. The van der Waals surface area contributed by atoms with Crippen LogP contribution in [0.5, 0.6) is 0 Å². The van der Waals surface area contributed by atoms with Crippen LogP contribution in [0.4, 0.5) is 8.78 Å². The highest BCUT2D eigenvalue weighted by Gasteiger charge is 2.21. The normalized spacial score (nSPS) is 14.0. The summed E-state index contributed by atoms with van der Waals surface area (Å²) in [6.45, 7) is 1.83. The largest absolute Gasteiger partial charge is 0.333 e. The number of amides is 1. The second kappa shape index (κ2) is 6.21. The van der Waals surface area contributed by atoms with Gasteiger partial charge >= 0.3 is 0 Å². The van der Waals surface area contributed by atoms with Crippen molar-refractivity contribution < 1.29 is 13.6 Å². The van der Waals surface area contributed by atoms with Crippen LogP contribution in [-0.2, 0) is 24.3 Å². The van der Waals surface area contributed by atoms with Gasteiger partial charge < -0.3 is 9.47 Å². The molecule has 0 atom stereocenters. The van der Waals surface area contributed by atoms with E-state index in [1.165, 1.54) is 6.07 Å². The van der Waals surface area contributed by atoms with Gasteiger partial charge in [0.15, 0.2) is 17.5 Å². The third-order valence-corrected chi connectivity index (χ3v) is 3.83. The molecule has 0 unspecified atom stereocenters. The van der Waals surface area contributed by atoms with Crippen molar-refractivity contribution in [3.63, 3.8) is 0 Å². The van der Waals surface area contributed by atoms with Gasteiger partial charge in [-0.3, -0.25) is 4.79 Å². The minimum atomic E-state index is -0.850. The zero-order chi connectivity index (χ0) is 15.5. The topological polar surface area (TPSA) is 51.0 Å². The minimum Gasteiger partial charge on any atom is -0.333 e. The summed E-state index contributed by atoms with van der Waals surface area (Å²) in [6, 6.07) is 3.85. The van der Waals surface area contributed by atoms with Crippen LogP contribution in [0, 0.1) is 11.6 Å². The van der Waals surface area contributed by atoms with E-state index in [1.54, 1.807) is 17.3 Å². The minimum absolute atomic E-state index is 0.0526. The van der Waals surface area contributed by atoms with E-state index in [0.717, 1.165) is 11.9 Å². The van der Waals surface area contributed by atoms with Crippen molar-refractivity contribution in [2.45, 2.75) is 32.4 Å². The van der Waals surface area contributed by atoms with Crippen LogP contribution in [0.15, 0.2) is 24.5 Å². The molecule has 2 aromatic rings. The Labute approximate surface area is 126 Å². The molecule has 1 aromatic carbocycles. The predicted octanol–water partition coefficient (Wildman–Crippen LogP) is 1.92. The van der Waals surface area contributed by atoms with E-state index in [-0.39, 0.29) is 5.91 Å². The molecule has 3 rings (SSSR count). The van der Waals surface area contributed by atoms with Crippen LogP contribution in [0.1, 0.15) is 24.2 Å². The van der Waals surface area contributed by atoms with Gasteiger partial charge in [0.1, 0.15) is 6.33 Å². The monoisotopic (exact) mass is 306 g/mol. The number of aryl methyl sites for hydroxylation is 1. The van der Waals surface area contributed by atoms with Gasteiger partial charge in [0.05, 0.1) is 6.54 Å². The summed E-state index contributed by atoms with van der Waals surface area (Å²) in [4.78, 5) is 13.9. The Bertz CT molecular complexity index is 686. The number of nitrogens with zero attached hydrogens (tertiary/aromatic N) is 4. The van der Waals surface area contributed by atoms with E-state index in [0.29, 0.717) is 44.5 Å². The number of carbonyl (C=O) groups excluding carboxylic acids is 1. The van der Waals surface area contributed by atoms with E-state index < -0.39 is 11.6 Å². The van der Waals surface area contributed by atoms with Crippen molar-refractivity contribution >= 4 is 5.91 Å². The zero-order valence-electron chi connectivity index (χ0n) is 12.0. The third kappa shape index (κ3) is 3.13. The molecule has 0 saturated carbocycles. The summed E-state index contributed by atoms with van der Waals surface area (Å²) >= 11 is 0. The molecule has 0 bridgehead atoms. The Kier molecular flexibility index (Phi) is 4.13. The Morgan fingerprint density at radius 2 is 2.09 bits per heavy atom. The lowest BCUT2D eigenvalue weighted by Gasteiger charge is -2.27. The molecule has 7 heteroatoms. The van der Waals surface area contributed by atoms with Gasteiger partial charge in [0.2, 0.25) is 5.91 Å². The molecule has 1 aromatic heterocycles. The van der Waals surface area contributed by atoms with E-state index in [9.17, 15) is 13.6 Å². The molecule has 116 valence electrons.